The van der Waals surface area contributed by atoms with Crippen molar-refractivity contribution >= 4 is 12.0 Å². The molecule has 2 aromatic carbocycles. The highest BCUT2D eigenvalue weighted by atomic mass is 16.2. The fourth-order valence-electron chi connectivity index (χ4n) is 3.17. The summed E-state index contributed by atoms with van der Waals surface area (Å²) in [5, 5.41) is 18.3. The Balaban J connectivity index is 0.00000126. The summed E-state index contributed by atoms with van der Waals surface area (Å²) in [6.07, 6.45) is 2.37. The molecule has 1 aliphatic heterocycles. The van der Waals surface area contributed by atoms with E-state index in [4.69, 9.17) is 5.26 Å². The molecule has 3 rings (SSSR count). The summed E-state index contributed by atoms with van der Waals surface area (Å²) in [4.78, 5) is 14.6. The number of carbonyl (C=O) groups excluding carboxylic acids is 1. The molecule has 0 N–H and O–H groups in total. The molecule has 4 heteroatoms. The van der Waals surface area contributed by atoms with Gasteiger partial charge in [-0.3, -0.25) is 4.79 Å². The Kier molecular flexibility index (Phi) is 6.92. The number of nitrogens with zero attached hydrogens (tertiary/aromatic N) is 3. The molecule has 0 aliphatic carbocycles. The number of hydrogen-bond acceptors (Lipinski definition) is 3. The molecule has 1 unspecified atom stereocenters. The van der Waals surface area contributed by atoms with Crippen LogP contribution in [0.5, 0.6) is 0 Å². The fraction of sp³-hybridized carbons (Fsp3) is 0.261. The van der Waals surface area contributed by atoms with Gasteiger partial charge >= 0.3 is 0 Å². The number of carbonyl (C=O) groups is 1. The lowest BCUT2D eigenvalue weighted by atomic mass is 9.93. The van der Waals surface area contributed by atoms with E-state index in [0.29, 0.717) is 12.1 Å². The smallest absolute Gasteiger partial charge is 0.265 e. The maximum absolute atomic E-state index is 12.9. The van der Waals surface area contributed by atoms with Crippen molar-refractivity contribution in [3.63, 3.8) is 0 Å². The number of fused-ring (bicyclic) bond motifs is 1. The summed E-state index contributed by atoms with van der Waals surface area (Å²) in [6, 6.07) is 18.9. The van der Waals surface area contributed by atoms with E-state index in [0.717, 1.165) is 17.5 Å². The van der Waals surface area contributed by atoms with E-state index in [9.17, 15) is 10.1 Å². The lowest BCUT2D eigenvalue weighted by Crippen LogP contribution is -2.39. The third kappa shape index (κ3) is 4.43. The molecular formula is C23H23N3O. The van der Waals surface area contributed by atoms with Crippen molar-refractivity contribution in [2.24, 2.45) is 0 Å². The summed E-state index contributed by atoms with van der Waals surface area (Å²) in [6.45, 7) is 6.59. The molecular weight excluding hydrogens is 334 g/mol. The highest BCUT2D eigenvalue weighted by molar-refractivity contribution is 6.02. The minimum absolute atomic E-state index is 0.0600. The average molecular weight is 357 g/mol. The van der Waals surface area contributed by atoms with Crippen LogP contribution in [0.15, 0.2) is 54.1 Å². The third-order valence-electron chi connectivity index (χ3n) is 4.56. The Labute approximate surface area is 161 Å². The minimum Gasteiger partial charge on any atom is -0.331 e. The van der Waals surface area contributed by atoms with Gasteiger partial charge in [-0.25, -0.2) is 0 Å². The van der Waals surface area contributed by atoms with Crippen molar-refractivity contribution in [2.75, 3.05) is 6.54 Å². The minimum atomic E-state index is -0.256. The topological polar surface area (TPSA) is 67.9 Å². The van der Waals surface area contributed by atoms with Crippen LogP contribution in [0.4, 0.5) is 0 Å². The van der Waals surface area contributed by atoms with Crippen molar-refractivity contribution in [3.05, 3.63) is 76.4 Å². The van der Waals surface area contributed by atoms with Crippen molar-refractivity contribution in [1.82, 2.24) is 4.90 Å². The Morgan fingerprint density at radius 3 is 2.41 bits per heavy atom. The van der Waals surface area contributed by atoms with Crippen molar-refractivity contribution in [2.45, 2.75) is 33.2 Å². The second-order valence-corrected chi connectivity index (χ2v) is 6.03. The van der Waals surface area contributed by atoms with E-state index >= 15 is 0 Å². The highest BCUT2D eigenvalue weighted by Gasteiger charge is 2.29. The van der Waals surface area contributed by atoms with E-state index in [-0.39, 0.29) is 17.5 Å². The highest BCUT2D eigenvalue weighted by Crippen LogP contribution is 2.30. The quantitative estimate of drug-likeness (QED) is 0.581. The SMILES string of the molecule is CC.CC1c2ccccc2CCN1C(=O)/C(C#N)=C/c1ccc(C#N)cc1. The largest absolute Gasteiger partial charge is 0.331 e. The van der Waals surface area contributed by atoms with Gasteiger partial charge in [-0.15, -0.1) is 0 Å². The van der Waals surface area contributed by atoms with Gasteiger partial charge in [0, 0.05) is 6.54 Å². The van der Waals surface area contributed by atoms with Gasteiger partial charge in [0.05, 0.1) is 17.7 Å². The third-order valence-corrected chi connectivity index (χ3v) is 4.56. The first-order valence-corrected chi connectivity index (χ1v) is 9.15. The number of hydrogen-bond donors (Lipinski definition) is 0. The molecule has 0 aromatic heterocycles. The van der Waals surface area contributed by atoms with E-state index in [1.54, 1.807) is 35.2 Å². The average Bonchev–Trinajstić information content (AvgIpc) is 2.74. The summed E-state index contributed by atoms with van der Waals surface area (Å²) >= 11 is 0. The molecule has 0 bridgehead atoms. The van der Waals surface area contributed by atoms with Crippen molar-refractivity contribution in [1.29, 1.82) is 10.5 Å². The Bertz CT molecular complexity index is 914. The van der Waals surface area contributed by atoms with Crippen LogP contribution in [0, 0.1) is 22.7 Å². The predicted molar refractivity (Wildman–Crippen MR) is 106 cm³/mol. The van der Waals surface area contributed by atoms with Crippen LogP contribution in [-0.2, 0) is 11.2 Å². The predicted octanol–water partition coefficient (Wildman–Crippen LogP) is 4.64. The van der Waals surface area contributed by atoms with Crippen LogP contribution in [0.2, 0.25) is 0 Å². The normalized spacial score (nSPS) is 15.5. The lowest BCUT2D eigenvalue weighted by Gasteiger charge is -2.35. The van der Waals surface area contributed by atoms with E-state index < -0.39 is 0 Å². The molecule has 4 nitrogen and oxygen atoms in total. The van der Waals surface area contributed by atoms with Crippen LogP contribution in [0.1, 0.15) is 49.1 Å². The van der Waals surface area contributed by atoms with Crippen molar-refractivity contribution < 1.29 is 4.79 Å². The second-order valence-electron chi connectivity index (χ2n) is 6.03. The van der Waals surface area contributed by atoms with Gasteiger partial charge in [-0.05, 0) is 48.2 Å². The Morgan fingerprint density at radius 2 is 1.78 bits per heavy atom. The first-order valence-electron chi connectivity index (χ1n) is 9.15. The first-order chi connectivity index (χ1) is 13.1. The summed E-state index contributed by atoms with van der Waals surface area (Å²) < 4.78 is 0. The van der Waals surface area contributed by atoms with Crippen molar-refractivity contribution in [3.8, 4) is 12.1 Å². The molecule has 1 aliphatic rings. The summed E-state index contributed by atoms with van der Waals surface area (Å²) in [7, 11) is 0. The summed E-state index contributed by atoms with van der Waals surface area (Å²) in [5.41, 5.74) is 3.78. The molecule has 1 heterocycles. The number of nitriles is 2. The van der Waals surface area contributed by atoms with E-state index in [1.807, 2.05) is 45.0 Å². The van der Waals surface area contributed by atoms with Crippen LogP contribution in [0.3, 0.4) is 0 Å². The van der Waals surface area contributed by atoms with Gasteiger partial charge in [0.2, 0.25) is 0 Å². The van der Waals surface area contributed by atoms with Gasteiger partial charge < -0.3 is 4.90 Å². The fourth-order valence-corrected chi connectivity index (χ4v) is 3.17. The maximum atomic E-state index is 12.9. The molecule has 0 radical (unpaired) electrons. The molecule has 1 atom stereocenters. The molecule has 0 spiro atoms. The summed E-state index contributed by atoms with van der Waals surface area (Å²) in [5.74, 6) is -0.256. The first kappa shape index (κ1) is 19.9. The number of rotatable bonds is 2. The van der Waals surface area contributed by atoms with Crippen LogP contribution in [-0.4, -0.2) is 17.4 Å². The Morgan fingerprint density at radius 1 is 1.11 bits per heavy atom. The number of amides is 1. The van der Waals surface area contributed by atoms with Gasteiger partial charge in [-0.2, -0.15) is 10.5 Å². The standard InChI is InChI=1S/C21H17N3O.C2H6/c1-15-20-5-3-2-4-18(20)10-11-24(15)21(25)19(14-23)12-16-6-8-17(13-22)9-7-16;1-2/h2-9,12,15H,10-11H2,1H3;1-2H3/b19-12+;. The van der Waals surface area contributed by atoms with Gasteiger partial charge in [0.25, 0.3) is 5.91 Å². The number of benzene rings is 2. The van der Waals surface area contributed by atoms with E-state index in [1.165, 1.54) is 5.56 Å². The van der Waals surface area contributed by atoms with Crippen LogP contribution in [0.25, 0.3) is 6.08 Å². The molecule has 0 saturated carbocycles. The monoisotopic (exact) mass is 357 g/mol. The molecule has 1 amide bonds. The molecule has 136 valence electrons. The van der Waals surface area contributed by atoms with Gasteiger partial charge in [0.1, 0.15) is 11.6 Å². The van der Waals surface area contributed by atoms with Gasteiger partial charge in [0.15, 0.2) is 0 Å². The Hall–Kier alpha value is -3.37. The maximum Gasteiger partial charge on any atom is 0.265 e. The van der Waals surface area contributed by atoms with Gasteiger partial charge in [-0.1, -0.05) is 50.2 Å². The van der Waals surface area contributed by atoms with Crippen LogP contribution >= 0.6 is 0 Å². The van der Waals surface area contributed by atoms with E-state index in [2.05, 4.69) is 12.1 Å². The lowest BCUT2D eigenvalue weighted by molar-refractivity contribution is -0.129. The molecule has 27 heavy (non-hydrogen) atoms. The zero-order valence-corrected chi connectivity index (χ0v) is 15.9. The zero-order chi connectivity index (χ0) is 19.8. The molecule has 0 fully saturated rings. The second kappa shape index (κ2) is 9.36. The zero-order valence-electron chi connectivity index (χ0n) is 15.9. The molecule has 2 aromatic rings. The molecule has 0 saturated heterocycles. The van der Waals surface area contributed by atoms with Crippen LogP contribution < -0.4 is 0 Å².